The zero-order valence-electron chi connectivity index (χ0n) is 9.71. The molecule has 90 valence electrons. The van der Waals surface area contributed by atoms with Gasteiger partial charge in [-0.05, 0) is 17.7 Å². The van der Waals surface area contributed by atoms with Gasteiger partial charge in [0, 0.05) is 5.38 Å². The lowest BCUT2D eigenvalue weighted by molar-refractivity contribution is 0.354. The van der Waals surface area contributed by atoms with Gasteiger partial charge in [0.05, 0.1) is 31.5 Å². The lowest BCUT2D eigenvalue weighted by Gasteiger charge is -2.13. The predicted molar refractivity (Wildman–Crippen MR) is 67.7 cm³/mol. The average Bonchev–Trinajstić information content (AvgIpc) is 2.90. The van der Waals surface area contributed by atoms with Crippen molar-refractivity contribution in [1.82, 2.24) is 4.98 Å². The van der Waals surface area contributed by atoms with Crippen LogP contribution in [0.2, 0.25) is 0 Å². The van der Waals surface area contributed by atoms with Gasteiger partial charge >= 0.3 is 0 Å². The Labute approximate surface area is 104 Å². The van der Waals surface area contributed by atoms with Gasteiger partial charge in [-0.15, -0.1) is 11.3 Å². The third-order valence-electron chi connectivity index (χ3n) is 2.54. The standard InChI is InChI=1S/C12H14N2O2S/c1-15-10-4-3-8(5-11(10)16-2)12(13)9-6-17-7-14-9/h3-7,12H,13H2,1-2H3. The Hall–Kier alpha value is -1.59. The predicted octanol–water partition coefficient (Wildman–Crippen LogP) is 2.21. The fraction of sp³-hybridized carbons (Fsp3) is 0.250. The van der Waals surface area contributed by atoms with Crippen LogP contribution in [0, 0.1) is 0 Å². The minimum atomic E-state index is -0.235. The summed E-state index contributed by atoms with van der Waals surface area (Å²) in [5.74, 6) is 1.37. The summed E-state index contributed by atoms with van der Waals surface area (Å²) < 4.78 is 10.4. The van der Waals surface area contributed by atoms with Crippen LogP contribution in [-0.2, 0) is 0 Å². The summed E-state index contributed by atoms with van der Waals surface area (Å²) in [6.07, 6.45) is 0. The number of nitrogens with zero attached hydrogens (tertiary/aromatic N) is 1. The molecule has 0 fully saturated rings. The van der Waals surface area contributed by atoms with E-state index < -0.39 is 0 Å². The van der Waals surface area contributed by atoms with Gasteiger partial charge in [-0.25, -0.2) is 4.98 Å². The van der Waals surface area contributed by atoms with Gasteiger partial charge in [-0.1, -0.05) is 6.07 Å². The normalized spacial score (nSPS) is 12.2. The van der Waals surface area contributed by atoms with E-state index in [4.69, 9.17) is 15.2 Å². The van der Waals surface area contributed by atoms with Crippen molar-refractivity contribution in [1.29, 1.82) is 0 Å². The van der Waals surface area contributed by atoms with Crippen LogP contribution in [0.1, 0.15) is 17.3 Å². The largest absolute Gasteiger partial charge is 0.493 e. The van der Waals surface area contributed by atoms with Crippen molar-refractivity contribution in [3.63, 3.8) is 0 Å². The van der Waals surface area contributed by atoms with E-state index in [2.05, 4.69) is 4.98 Å². The summed E-state index contributed by atoms with van der Waals surface area (Å²) in [7, 11) is 3.22. The van der Waals surface area contributed by atoms with Gasteiger partial charge in [-0.3, -0.25) is 0 Å². The number of benzene rings is 1. The van der Waals surface area contributed by atoms with E-state index in [0.717, 1.165) is 11.3 Å². The van der Waals surface area contributed by atoms with E-state index in [1.165, 1.54) is 11.3 Å². The van der Waals surface area contributed by atoms with E-state index in [9.17, 15) is 0 Å². The van der Waals surface area contributed by atoms with Crippen molar-refractivity contribution in [3.05, 3.63) is 40.3 Å². The van der Waals surface area contributed by atoms with E-state index in [-0.39, 0.29) is 6.04 Å². The Morgan fingerprint density at radius 2 is 2.00 bits per heavy atom. The Morgan fingerprint density at radius 1 is 1.24 bits per heavy atom. The first kappa shape index (κ1) is 11.9. The van der Waals surface area contributed by atoms with Crippen LogP contribution in [0.4, 0.5) is 0 Å². The SMILES string of the molecule is COc1ccc(C(N)c2cscn2)cc1OC. The van der Waals surface area contributed by atoms with Gasteiger partial charge in [0.2, 0.25) is 0 Å². The van der Waals surface area contributed by atoms with E-state index in [1.54, 1.807) is 19.7 Å². The van der Waals surface area contributed by atoms with Crippen LogP contribution in [0.3, 0.4) is 0 Å². The van der Waals surface area contributed by atoms with Crippen LogP contribution in [0.25, 0.3) is 0 Å². The maximum Gasteiger partial charge on any atom is 0.161 e. The third kappa shape index (κ3) is 2.40. The first-order valence-electron chi connectivity index (χ1n) is 5.12. The lowest BCUT2D eigenvalue weighted by Crippen LogP contribution is -2.12. The summed E-state index contributed by atoms with van der Waals surface area (Å²) in [5.41, 5.74) is 9.71. The van der Waals surface area contributed by atoms with Crippen molar-refractivity contribution in [2.24, 2.45) is 5.73 Å². The number of hydrogen-bond acceptors (Lipinski definition) is 5. The van der Waals surface area contributed by atoms with Crippen molar-refractivity contribution in [2.45, 2.75) is 6.04 Å². The summed E-state index contributed by atoms with van der Waals surface area (Å²) in [4.78, 5) is 4.21. The molecule has 0 aliphatic carbocycles. The molecule has 1 unspecified atom stereocenters. The summed E-state index contributed by atoms with van der Waals surface area (Å²) in [6, 6.07) is 5.41. The molecular formula is C12H14N2O2S. The second-order valence-electron chi connectivity index (χ2n) is 3.51. The van der Waals surface area contributed by atoms with Crippen LogP contribution in [0.5, 0.6) is 11.5 Å². The van der Waals surface area contributed by atoms with Crippen LogP contribution in [0.15, 0.2) is 29.1 Å². The highest BCUT2D eigenvalue weighted by atomic mass is 32.1. The summed E-state index contributed by atoms with van der Waals surface area (Å²) in [6.45, 7) is 0. The molecule has 1 atom stereocenters. The molecule has 0 saturated carbocycles. The van der Waals surface area contributed by atoms with E-state index in [0.29, 0.717) is 11.5 Å². The summed E-state index contributed by atoms with van der Waals surface area (Å²) in [5, 5.41) is 1.95. The van der Waals surface area contributed by atoms with Crippen molar-refractivity contribution in [3.8, 4) is 11.5 Å². The molecule has 0 bridgehead atoms. The minimum absolute atomic E-state index is 0.235. The average molecular weight is 250 g/mol. The van der Waals surface area contributed by atoms with E-state index in [1.807, 2.05) is 23.6 Å². The number of hydrogen-bond donors (Lipinski definition) is 1. The Morgan fingerprint density at radius 3 is 2.59 bits per heavy atom. The monoisotopic (exact) mass is 250 g/mol. The minimum Gasteiger partial charge on any atom is -0.493 e. The van der Waals surface area contributed by atoms with Gasteiger partial charge in [0.25, 0.3) is 0 Å². The lowest BCUT2D eigenvalue weighted by atomic mass is 10.0. The molecule has 4 nitrogen and oxygen atoms in total. The number of methoxy groups -OCH3 is 2. The molecule has 2 aromatic rings. The Kier molecular flexibility index (Phi) is 3.61. The number of aromatic nitrogens is 1. The maximum atomic E-state index is 6.12. The van der Waals surface area contributed by atoms with Gasteiger partial charge < -0.3 is 15.2 Å². The number of ether oxygens (including phenoxy) is 2. The first-order chi connectivity index (χ1) is 8.26. The van der Waals surface area contributed by atoms with Crippen LogP contribution >= 0.6 is 11.3 Å². The molecule has 0 radical (unpaired) electrons. The molecule has 5 heteroatoms. The Bertz CT molecular complexity index is 485. The smallest absolute Gasteiger partial charge is 0.161 e. The highest BCUT2D eigenvalue weighted by Crippen LogP contribution is 2.31. The molecule has 17 heavy (non-hydrogen) atoms. The number of thiazole rings is 1. The fourth-order valence-electron chi connectivity index (χ4n) is 1.59. The maximum absolute atomic E-state index is 6.12. The summed E-state index contributed by atoms with van der Waals surface area (Å²) >= 11 is 1.53. The molecule has 0 aliphatic rings. The third-order valence-corrected chi connectivity index (χ3v) is 3.14. The number of rotatable bonds is 4. The van der Waals surface area contributed by atoms with Crippen molar-refractivity contribution >= 4 is 11.3 Å². The zero-order valence-corrected chi connectivity index (χ0v) is 10.5. The highest BCUT2D eigenvalue weighted by molar-refractivity contribution is 7.07. The number of nitrogens with two attached hydrogens (primary N) is 1. The fourth-order valence-corrected chi connectivity index (χ4v) is 2.18. The molecule has 2 rings (SSSR count). The quantitative estimate of drug-likeness (QED) is 0.903. The van der Waals surface area contributed by atoms with Crippen LogP contribution < -0.4 is 15.2 Å². The second-order valence-corrected chi connectivity index (χ2v) is 4.22. The van der Waals surface area contributed by atoms with Gasteiger partial charge in [0.15, 0.2) is 11.5 Å². The molecule has 0 amide bonds. The molecule has 1 heterocycles. The second kappa shape index (κ2) is 5.16. The highest BCUT2D eigenvalue weighted by Gasteiger charge is 2.13. The molecule has 0 saturated heterocycles. The molecule has 0 aliphatic heterocycles. The molecule has 0 spiro atoms. The topological polar surface area (TPSA) is 57.4 Å². The van der Waals surface area contributed by atoms with E-state index >= 15 is 0 Å². The molecule has 1 aromatic heterocycles. The molecule has 1 aromatic carbocycles. The van der Waals surface area contributed by atoms with Crippen LogP contribution in [-0.4, -0.2) is 19.2 Å². The zero-order chi connectivity index (χ0) is 12.3. The molecule has 2 N–H and O–H groups in total. The van der Waals surface area contributed by atoms with Gasteiger partial charge in [0.1, 0.15) is 0 Å². The van der Waals surface area contributed by atoms with Crippen molar-refractivity contribution < 1.29 is 9.47 Å². The van der Waals surface area contributed by atoms with Crippen molar-refractivity contribution in [2.75, 3.05) is 14.2 Å². The molecular weight excluding hydrogens is 236 g/mol. The first-order valence-corrected chi connectivity index (χ1v) is 6.06. The van der Waals surface area contributed by atoms with Gasteiger partial charge in [-0.2, -0.15) is 0 Å². The Balaban J connectivity index is 2.33.